The number of piperidine rings is 1. The molecule has 0 radical (unpaired) electrons. The molecule has 3 atom stereocenters. The largest absolute Gasteiger partial charge is 0.504 e. The number of carbonyl (C=O) groups excluding carboxylic acids is 1. The van der Waals surface area contributed by atoms with Crippen LogP contribution < -0.4 is 0 Å². The van der Waals surface area contributed by atoms with E-state index < -0.39 is 29.7 Å². The molecule has 5 nitrogen and oxygen atoms in total. The molecular weight excluding hydrogens is 363 g/mol. The highest BCUT2D eigenvalue weighted by atomic mass is 19.4. The molecule has 1 heterocycles. The second-order valence-corrected chi connectivity index (χ2v) is 8.06. The van der Waals surface area contributed by atoms with Gasteiger partial charge in [0, 0.05) is 36.4 Å². The van der Waals surface area contributed by atoms with E-state index in [9.17, 15) is 33.3 Å². The number of carbonyl (C=O) groups is 1. The van der Waals surface area contributed by atoms with Gasteiger partial charge < -0.3 is 15.3 Å². The van der Waals surface area contributed by atoms with E-state index in [1.807, 2.05) is 0 Å². The third-order valence-electron chi connectivity index (χ3n) is 6.75. The Morgan fingerprint density at radius 3 is 2.67 bits per heavy atom. The van der Waals surface area contributed by atoms with Crippen LogP contribution in [0.5, 0.6) is 11.5 Å². The summed E-state index contributed by atoms with van der Waals surface area (Å²) in [5.41, 5.74) is -1.42. The summed E-state index contributed by atoms with van der Waals surface area (Å²) in [7, 11) is 0. The third kappa shape index (κ3) is 2.64. The molecule has 1 saturated heterocycles. The van der Waals surface area contributed by atoms with Gasteiger partial charge in [0.2, 0.25) is 0 Å². The second-order valence-electron chi connectivity index (χ2n) is 8.06. The van der Waals surface area contributed by atoms with E-state index in [-0.39, 0.29) is 55.9 Å². The van der Waals surface area contributed by atoms with Gasteiger partial charge in [-0.2, -0.15) is 13.2 Å². The van der Waals surface area contributed by atoms with Gasteiger partial charge in [0.25, 0.3) is 0 Å². The van der Waals surface area contributed by atoms with E-state index in [0.29, 0.717) is 17.7 Å². The van der Waals surface area contributed by atoms with Crippen LogP contribution in [0.25, 0.3) is 0 Å². The number of aliphatic hydroxyl groups is 1. The average Bonchev–Trinajstić information content (AvgIpc) is 2.57. The fourth-order valence-electron chi connectivity index (χ4n) is 5.53. The van der Waals surface area contributed by atoms with Crippen molar-refractivity contribution in [3.05, 3.63) is 23.3 Å². The average molecular weight is 385 g/mol. The number of rotatable bonds is 2. The summed E-state index contributed by atoms with van der Waals surface area (Å²) in [6.45, 7) is 0.0881. The van der Waals surface area contributed by atoms with Gasteiger partial charge in [-0.3, -0.25) is 9.69 Å². The maximum absolute atomic E-state index is 12.8. The highest BCUT2D eigenvalue weighted by molar-refractivity contribution is 5.83. The molecule has 1 saturated carbocycles. The summed E-state index contributed by atoms with van der Waals surface area (Å²) in [6.07, 6.45) is -4.38. The summed E-state index contributed by atoms with van der Waals surface area (Å²) >= 11 is 0. The van der Waals surface area contributed by atoms with E-state index in [2.05, 4.69) is 0 Å². The maximum atomic E-state index is 12.8. The number of benzene rings is 1. The zero-order valence-corrected chi connectivity index (χ0v) is 14.7. The molecule has 2 fully saturated rings. The SMILES string of the molecule is O=C1CC[C@@]2(O)[C@H]3Cc4ccc(O)c(O)c4[C@@]2(CCN3CCC(F)(F)F)C1. The van der Waals surface area contributed by atoms with Crippen molar-refractivity contribution < 1.29 is 33.3 Å². The smallest absolute Gasteiger partial charge is 0.390 e. The van der Waals surface area contributed by atoms with Gasteiger partial charge in [-0.25, -0.2) is 0 Å². The third-order valence-corrected chi connectivity index (χ3v) is 6.75. The van der Waals surface area contributed by atoms with Crippen molar-refractivity contribution in [1.82, 2.24) is 4.90 Å². The molecule has 3 aliphatic rings. The predicted octanol–water partition coefficient (Wildman–Crippen LogP) is 2.40. The highest BCUT2D eigenvalue weighted by Gasteiger charge is 2.65. The minimum atomic E-state index is -4.28. The number of fused-ring (bicyclic) bond motifs is 1. The summed E-state index contributed by atoms with van der Waals surface area (Å²) < 4.78 is 38.3. The van der Waals surface area contributed by atoms with Gasteiger partial charge in [-0.15, -0.1) is 0 Å². The molecule has 27 heavy (non-hydrogen) atoms. The molecule has 2 aliphatic carbocycles. The first kappa shape index (κ1) is 18.6. The van der Waals surface area contributed by atoms with Crippen LogP contribution in [-0.4, -0.2) is 56.9 Å². The lowest BCUT2D eigenvalue weighted by atomic mass is 9.49. The van der Waals surface area contributed by atoms with E-state index in [4.69, 9.17) is 0 Å². The Balaban J connectivity index is 1.82. The van der Waals surface area contributed by atoms with Crippen LogP contribution in [0.3, 0.4) is 0 Å². The number of Topliss-reactive ketones (excluding diaryl/α,β-unsaturated/α-hetero) is 1. The standard InChI is InChI=1S/C19H22F3NO4/c20-19(21,22)6-8-23-7-5-17-10-12(24)3-4-18(17,27)14(23)9-11-1-2-13(25)16(26)15(11)17/h1-2,14,25-27H,3-10H2/t14-,17-,18-/m1/s1. The molecule has 1 aromatic carbocycles. The van der Waals surface area contributed by atoms with Crippen LogP contribution in [0.4, 0.5) is 13.2 Å². The molecule has 0 spiro atoms. The second kappa shape index (κ2) is 5.85. The number of ketones is 1. The first-order valence-electron chi connectivity index (χ1n) is 9.17. The van der Waals surface area contributed by atoms with Gasteiger partial charge in [0.1, 0.15) is 5.78 Å². The fourth-order valence-corrected chi connectivity index (χ4v) is 5.53. The maximum Gasteiger partial charge on any atom is 0.390 e. The monoisotopic (exact) mass is 385 g/mol. The normalized spacial score (nSPS) is 33.5. The van der Waals surface area contributed by atoms with Crippen molar-refractivity contribution in [2.45, 2.75) is 61.8 Å². The molecule has 0 unspecified atom stereocenters. The van der Waals surface area contributed by atoms with Gasteiger partial charge >= 0.3 is 6.18 Å². The van der Waals surface area contributed by atoms with Gasteiger partial charge in [-0.05, 0) is 37.4 Å². The Kier molecular flexibility index (Phi) is 4.02. The summed E-state index contributed by atoms with van der Waals surface area (Å²) in [5, 5.41) is 32.2. The first-order valence-corrected chi connectivity index (χ1v) is 9.17. The number of nitrogens with zero attached hydrogens (tertiary/aromatic N) is 1. The molecule has 1 aromatic rings. The van der Waals surface area contributed by atoms with E-state index in [1.165, 1.54) is 6.07 Å². The Morgan fingerprint density at radius 2 is 1.96 bits per heavy atom. The van der Waals surface area contributed by atoms with Crippen LogP contribution in [0.15, 0.2) is 12.1 Å². The number of hydrogen-bond acceptors (Lipinski definition) is 5. The lowest BCUT2D eigenvalue weighted by molar-refractivity contribution is -0.181. The van der Waals surface area contributed by atoms with Crippen LogP contribution in [-0.2, 0) is 16.6 Å². The highest BCUT2D eigenvalue weighted by Crippen LogP contribution is 2.60. The minimum Gasteiger partial charge on any atom is -0.504 e. The number of likely N-dealkylation sites (tertiary alicyclic amines) is 1. The Morgan fingerprint density at radius 1 is 1.22 bits per heavy atom. The van der Waals surface area contributed by atoms with E-state index in [1.54, 1.807) is 11.0 Å². The van der Waals surface area contributed by atoms with Crippen LogP contribution in [0.1, 0.15) is 43.2 Å². The Bertz CT molecular complexity index is 796. The molecule has 0 amide bonds. The molecule has 2 bridgehead atoms. The zero-order chi connectivity index (χ0) is 19.6. The van der Waals surface area contributed by atoms with Crippen molar-refractivity contribution in [3.8, 4) is 11.5 Å². The predicted molar refractivity (Wildman–Crippen MR) is 89.6 cm³/mol. The zero-order valence-electron chi connectivity index (χ0n) is 14.7. The summed E-state index contributed by atoms with van der Waals surface area (Å²) in [4.78, 5) is 14.0. The van der Waals surface area contributed by atoms with E-state index >= 15 is 0 Å². The molecule has 0 aromatic heterocycles. The van der Waals surface area contributed by atoms with Crippen LogP contribution in [0.2, 0.25) is 0 Å². The molecular formula is C19H22F3NO4. The number of halogens is 3. The van der Waals surface area contributed by atoms with Gasteiger partial charge in [0.05, 0.1) is 12.0 Å². The van der Waals surface area contributed by atoms with Crippen molar-refractivity contribution in [2.24, 2.45) is 0 Å². The molecule has 148 valence electrons. The molecule has 3 N–H and O–H groups in total. The Hall–Kier alpha value is -1.80. The lowest BCUT2D eigenvalue weighted by Crippen LogP contribution is -2.73. The fraction of sp³-hybridized carbons (Fsp3) is 0.632. The summed E-state index contributed by atoms with van der Waals surface area (Å²) in [5.74, 6) is -0.693. The minimum absolute atomic E-state index is 0.0249. The topological polar surface area (TPSA) is 81.0 Å². The summed E-state index contributed by atoms with van der Waals surface area (Å²) in [6, 6.07) is 2.42. The van der Waals surface area contributed by atoms with Crippen LogP contribution >= 0.6 is 0 Å². The van der Waals surface area contributed by atoms with E-state index in [0.717, 1.165) is 0 Å². The van der Waals surface area contributed by atoms with Crippen molar-refractivity contribution in [2.75, 3.05) is 13.1 Å². The number of hydrogen-bond donors (Lipinski definition) is 3. The van der Waals surface area contributed by atoms with Gasteiger partial charge in [-0.1, -0.05) is 6.07 Å². The number of phenols is 2. The number of aromatic hydroxyl groups is 2. The van der Waals surface area contributed by atoms with Crippen molar-refractivity contribution in [3.63, 3.8) is 0 Å². The van der Waals surface area contributed by atoms with Crippen molar-refractivity contribution in [1.29, 1.82) is 0 Å². The number of phenolic OH excluding ortho intramolecular Hbond substituents is 2. The lowest BCUT2D eigenvalue weighted by Gasteiger charge is -2.63. The van der Waals surface area contributed by atoms with Gasteiger partial charge in [0.15, 0.2) is 11.5 Å². The quantitative estimate of drug-likeness (QED) is 0.682. The molecule has 1 aliphatic heterocycles. The molecule has 8 heteroatoms. The first-order chi connectivity index (χ1) is 12.6. The Labute approximate surface area is 154 Å². The molecule has 4 rings (SSSR count). The van der Waals surface area contributed by atoms with Crippen molar-refractivity contribution >= 4 is 5.78 Å². The number of alkyl halides is 3. The van der Waals surface area contributed by atoms with Crippen LogP contribution in [0, 0.1) is 0 Å².